The van der Waals surface area contributed by atoms with E-state index in [1.54, 1.807) is 6.92 Å². The lowest BCUT2D eigenvalue weighted by Gasteiger charge is -2.58. The minimum absolute atomic E-state index is 0.0928. The van der Waals surface area contributed by atoms with Crippen LogP contribution in [-0.4, -0.2) is 18.7 Å². The second kappa shape index (κ2) is 12.8. The molecule has 0 amide bonds. The van der Waals surface area contributed by atoms with Crippen molar-refractivity contribution in [2.75, 3.05) is 6.61 Å². The first-order valence-corrected chi connectivity index (χ1v) is 18.4. The fraction of sp³-hybridized carbons (Fsp3) is 0.707. The second-order valence-electron chi connectivity index (χ2n) is 16.6. The summed E-state index contributed by atoms with van der Waals surface area (Å²) in [5.74, 6) is 5.14. The van der Waals surface area contributed by atoms with Crippen LogP contribution < -0.4 is 10.4 Å². The molecule has 2 aromatic rings. The molecule has 5 heteroatoms. The Kier molecular flexibility index (Phi) is 9.28. The van der Waals surface area contributed by atoms with Gasteiger partial charge in [-0.3, -0.25) is 0 Å². The standard InChI is InChI=1S/C41H58O5/c1-24(2)10-9-11-25(3)33-15-16-34-32-13-12-29-22-30(18-20-40(29,7)35(32)19-21-41(33,34)8)45-37(42)23-44-36-17-14-31-26(4)27(5)39(43)46-38(31)28(36)6/h12,14,17,24-25,30,32-35H,9-11,13,15-16,18-23H2,1-8H3/t25-,30+,32+,33-,34-,35+,40+,41-/m1/s1. The lowest BCUT2D eigenvalue weighted by atomic mass is 9.47. The van der Waals surface area contributed by atoms with Crippen LogP contribution in [0.4, 0.5) is 0 Å². The zero-order valence-electron chi connectivity index (χ0n) is 29.8. The van der Waals surface area contributed by atoms with Crippen LogP contribution in [-0.2, 0) is 9.53 Å². The van der Waals surface area contributed by atoms with Gasteiger partial charge in [0.2, 0.25) is 0 Å². The van der Waals surface area contributed by atoms with E-state index >= 15 is 0 Å². The molecule has 0 saturated heterocycles. The minimum atomic E-state index is -0.339. The van der Waals surface area contributed by atoms with Crippen LogP contribution >= 0.6 is 0 Å². The van der Waals surface area contributed by atoms with E-state index in [1.165, 1.54) is 56.9 Å². The summed E-state index contributed by atoms with van der Waals surface area (Å²) in [4.78, 5) is 25.3. The van der Waals surface area contributed by atoms with Crippen LogP contribution in [0.15, 0.2) is 33.0 Å². The van der Waals surface area contributed by atoms with Gasteiger partial charge in [0.1, 0.15) is 17.4 Å². The highest BCUT2D eigenvalue weighted by Crippen LogP contribution is 2.67. The lowest BCUT2D eigenvalue weighted by molar-refractivity contribution is -0.153. The Morgan fingerprint density at radius 2 is 1.74 bits per heavy atom. The quantitative estimate of drug-likeness (QED) is 0.157. The van der Waals surface area contributed by atoms with E-state index in [0.717, 1.165) is 71.3 Å². The molecule has 1 aromatic carbocycles. The van der Waals surface area contributed by atoms with E-state index in [-0.39, 0.29) is 29.7 Å². The number of hydrogen-bond donors (Lipinski definition) is 0. The zero-order chi connectivity index (χ0) is 33.0. The average molecular weight is 631 g/mol. The van der Waals surface area contributed by atoms with Gasteiger partial charge in [0.15, 0.2) is 6.61 Å². The summed E-state index contributed by atoms with van der Waals surface area (Å²) in [6.45, 7) is 17.9. The molecule has 4 aliphatic carbocycles. The zero-order valence-corrected chi connectivity index (χ0v) is 29.8. The van der Waals surface area contributed by atoms with Gasteiger partial charge in [-0.2, -0.15) is 0 Å². The number of carbonyl (C=O) groups excluding carboxylic acids is 1. The number of rotatable bonds is 9. The Labute approximate surface area is 276 Å². The molecule has 4 aliphatic rings. The van der Waals surface area contributed by atoms with E-state index in [9.17, 15) is 9.59 Å². The van der Waals surface area contributed by atoms with E-state index < -0.39 is 0 Å². The summed E-state index contributed by atoms with van der Waals surface area (Å²) in [6.07, 6.45) is 16.2. The fourth-order valence-corrected chi connectivity index (χ4v) is 10.9. The van der Waals surface area contributed by atoms with Gasteiger partial charge in [0.05, 0.1) is 0 Å². The van der Waals surface area contributed by atoms with Gasteiger partial charge in [-0.25, -0.2) is 9.59 Å². The molecule has 3 fully saturated rings. The highest BCUT2D eigenvalue weighted by molar-refractivity contribution is 5.85. The summed E-state index contributed by atoms with van der Waals surface area (Å²) in [6, 6.07) is 3.75. The topological polar surface area (TPSA) is 65.7 Å². The van der Waals surface area contributed by atoms with E-state index in [1.807, 2.05) is 26.0 Å². The molecule has 6 rings (SSSR count). The Morgan fingerprint density at radius 3 is 2.50 bits per heavy atom. The maximum atomic E-state index is 13.0. The van der Waals surface area contributed by atoms with Gasteiger partial charge < -0.3 is 13.9 Å². The highest BCUT2D eigenvalue weighted by atomic mass is 16.6. The van der Waals surface area contributed by atoms with E-state index in [2.05, 4.69) is 40.7 Å². The second-order valence-corrected chi connectivity index (χ2v) is 16.6. The molecule has 5 nitrogen and oxygen atoms in total. The number of fused-ring (bicyclic) bond motifs is 6. The summed E-state index contributed by atoms with van der Waals surface area (Å²) in [7, 11) is 0. The summed E-state index contributed by atoms with van der Waals surface area (Å²) < 4.78 is 17.5. The third kappa shape index (κ3) is 5.87. The van der Waals surface area contributed by atoms with Gasteiger partial charge in [-0.05, 0) is 130 Å². The van der Waals surface area contributed by atoms with Crippen LogP contribution in [0.1, 0.15) is 122 Å². The molecular weight excluding hydrogens is 572 g/mol. The van der Waals surface area contributed by atoms with Crippen molar-refractivity contribution in [3.63, 3.8) is 0 Å². The SMILES string of the molecule is Cc1c(C)c2ccc(OCC(=O)O[C@H]3CC[C@@]4(C)C(=CC[C@H]5[C@H]6CC[C@H]([C@H](C)CCCC(C)C)[C@@]6(C)CC[C@@H]54)C3)c(C)c2oc1=O. The Bertz CT molecular complexity index is 1550. The first-order valence-electron chi connectivity index (χ1n) is 18.4. The fourth-order valence-electron chi connectivity index (χ4n) is 10.9. The van der Waals surface area contributed by atoms with Crippen LogP contribution in [0.25, 0.3) is 11.0 Å². The van der Waals surface area contributed by atoms with Gasteiger partial charge >= 0.3 is 11.6 Å². The lowest BCUT2D eigenvalue weighted by Crippen LogP contribution is -2.51. The number of benzene rings is 1. The van der Waals surface area contributed by atoms with Crippen LogP contribution in [0, 0.1) is 67.1 Å². The molecule has 0 N–H and O–H groups in total. The van der Waals surface area contributed by atoms with E-state index in [4.69, 9.17) is 13.9 Å². The average Bonchev–Trinajstić information content (AvgIpc) is 3.37. The van der Waals surface area contributed by atoms with Crippen molar-refractivity contribution in [3.05, 3.63) is 50.9 Å². The number of aryl methyl sites for hydroxylation is 2. The molecule has 0 bridgehead atoms. The minimum Gasteiger partial charge on any atom is -0.481 e. The van der Waals surface area contributed by atoms with Crippen molar-refractivity contribution in [1.82, 2.24) is 0 Å². The molecule has 0 spiro atoms. The number of allylic oxidation sites excluding steroid dienone is 1. The van der Waals surface area contributed by atoms with E-state index in [0.29, 0.717) is 22.3 Å². The molecule has 0 unspecified atom stereocenters. The Balaban J connectivity index is 1.07. The molecule has 252 valence electrons. The highest BCUT2D eigenvalue weighted by Gasteiger charge is 2.59. The largest absolute Gasteiger partial charge is 0.481 e. The predicted molar refractivity (Wildman–Crippen MR) is 185 cm³/mol. The molecule has 8 atom stereocenters. The molecule has 46 heavy (non-hydrogen) atoms. The molecular formula is C41H58O5. The number of carbonyl (C=O) groups is 1. The van der Waals surface area contributed by atoms with Crippen LogP contribution in [0.2, 0.25) is 0 Å². The molecule has 0 aliphatic heterocycles. The van der Waals surface area contributed by atoms with Crippen molar-refractivity contribution in [1.29, 1.82) is 0 Å². The Morgan fingerprint density at radius 1 is 0.957 bits per heavy atom. The number of esters is 1. The van der Waals surface area contributed by atoms with Crippen molar-refractivity contribution in [3.8, 4) is 5.75 Å². The Hall–Kier alpha value is -2.56. The summed E-state index contributed by atoms with van der Waals surface area (Å²) in [5, 5.41) is 0.889. The van der Waals surface area contributed by atoms with Gasteiger partial charge in [0.25, 0.3) is 0 Å². The molecule has 0 radical (unpaired) electrons. The maximum absolute atomic E-state index is 13.0. The summed E-state index contributed by atoms with van der Waals surface area (Å²) >= 11 is 0. The first-order chi connectivity index (χ1) is 21.8. The van der Waals surface area contributed by atoms with Crippen molar-refractivity contribution < 1.29 is 18.7 Å². The number of ether oxygens (including phenoxy) is 2. The van der Waals surface area contributed by atoms with Gasteiger partial charge in [-0.1, -0.05) is 65.5 Å². The monoisotopic (exact) mass is 630 g/mol. The first kappa shape index (κ1) is 33.3. The maximum Gasteiger partial charge on any atom is 0.344 e. The third-order valence-electron chi connectivity index (χ3n) is 13.7. The smallest absolute Gasteiger partial charge is 0.344 e. The van der Waals surface area contributed by atoms with Crippen molar-refractivity contribution in [2.45, 2.75) is 132 Å². The van der Waals surface area contributed by atoms with Crippen molar-refractivity contribution >= 4 is 16.9 Å². The van der Waals surface area contributed by atoms with Gasteiger partial charge in [-0.15, -0.1) is 0 Å². The van der Waals surface area contributed by atoms with Crippen molar-refractivity contribution in [2.24, 2.45) is 46.3 Å². The predicted octanol–water partition coefficient (Wildman–Crippen LogP) is 10.1. The summed E-state index contributed by atoms with van der Waals surface area (Å²) in [5.41, 5.74) is 4.68. The van der Waals surface area contributed by atoms with Crippen LogP contribution in [0.5, 0.6) is 5.75 Å². The molecule has 3 saturated carbocycles. The normalized spacial score (nSPS) is 32.8. The van der Waals surface area contributed by atoms with Gasteiger partial charge in [0, 0.05) is 22.9 Å². The van der Waals surface area contributed by atoms with Crippen LogP contribution in [0.3, 0.4) is 0 Å². The third-order valence-corrected chi connectivity index (χ3v) is 13.7. The molecule has 1 aromatic heterocycles. The molecule has 1 heterocycles. The number of hydrogen-bond acceptors (Lipinski definition) is 5.